The number of carbonyl (C=O) groups is 1. The molecule has 0 saturated carbocycles. The van der Waals surface area contributed by atoms with Crippen LogP contribution in [-0.4, -0.2) is 19.2 Å². The Kier molecular flexibility index (Phi) is 5.34. The van der Waals surface area contributed by atoms with Crippen molar-refractivity contribution in [2.24, 2.45) is 0 Å². The fourth-order valence-electron chi connectivity index (χ4n) is 2.21. The van der Waals surface area contributed by atoms with Crippen LogP contribution in [0.1, 0.15) is 23.0 Å². The van der Waals surface area contributed by atoms with Crippen molar-refractivity contribution in [3.8, 4) is 5.75 Å². The Morgan fingerprint density at radius 3 is 2.73 bits per heavy atom. The topological polar surface area (TPSA) is 85.4 Å². The molecule has 134 valence electrons. The molecule has 1 aromatic heterocycles. The SMILES string of the molecule is CC(=O)c1cccc(S(=O)(=O)Nc2cccc(OCc3cscn3)c2)c1. The van der Waals surface area contributed by atoms with Crippen molar-refractivity contribution >= 4 is 32.8 Å². The lowest BCUT2D eigenvalue weighted by Gasteiger charge is -2.11. The van der Waals surface area contributed by atoms with Gasteiger partial charge < -0.3 is 4.74 Å². The van der Waals surface area contributed by atoms with Gasteiger partial charge in [0.25, 0.3) is 10.0 Å². The van der Waals surface area contributed by atoms with Gasteiger partial charge in [-0.3, -0.25) is 9.52 Å². The summed E-state index contributed by atoms with van der Waals surface area (Å²) in [5.41, 5.74) is 3.24. The van der Waals surface area contributed by atoms with Crippen LogP contribution in [0.25, 0.3) is 0 Å². The first kappa shape index (κ1) is 18.1. The van der Waals surface area contributed by atoms with Gasteiger partial charge in [0.2, 0.25) is 0 Å². The van der Waals surface area contributed by atoms with Gasteiger partial charge in [-0.25, -0.2) is 13.4 Å². The van der Waals surface area contributed by atoms with E-state index in [2.05, 4.69) is 9.71 Å². The molecule has 0 bridgehead atoms. The van der Waals surface area contributed by atoms with E-state index in [9.17, 15) is 13.2 Å². The highest BCUT2D eigenvalue weighted by molar-refractivity contribution is 7.92. The molecule has 2 aromatic carbocycles. The zero-order valence-corrected chi connectivity index (χ0v) is 15.5. The molecule has 3 rings (SSSR count). The summed E-state index contributed by atoms with van der Waals surface area (Å²) >= 11 is 1.48. The molecular weight excluding hydrogens is 372 g/mol. The number of sulfonamides is 1. The standard InChI is InChI=1S/C18H16N2O4S2/c1-13(21)14-4-2-7-18(8-14)26(22,23)20-15-5-3-6-17(9-15)24-10-16-11-25-12-19-16/h2-9,11-12,20H,10H2,1H3. The second-order valence-corrected chi connectivity index (χ2v) is 7.89. The summed E-state index contributed by atoms with van der Waals surface area (Å²) in [4.78, 5) is 15.6. The Balaban J connectivity index is 1.76. The summed E-state index contributed by atoms with van der Waals surface area (Å²) in [7, 11) is -3.81. The molecule has 0 aliphatic carbocycles. The first-order chi connectivity index (χ1) is 12.4. The van der Waals surface area contributed by atoms with Crippen LogP contribution in [0, 0.1) is 0 Å². The van der Waals surface area contributed by atoms with Gasteiger partial charge in [-0.1, -0.05) is 18.2 Å². The minimum absolute atomic E-state index is 0.0268. The van der Waals surface area contributed by atoms with Gasteiger partial charge in [0.1, 0.15) is 12.4 Å². The molecule has 0 amide bonds. The number of hydrogen-bond acceptors (Lipinski definition) is 6. The van der Waals surface area contributed by atoms with Gasteiger partial charge in [-0.15, -0.1) is 11.3 Å². The summed E-state index contributed by atoms with van der Waals surface area (Å²) in [6, 6.07) is 12.6. The zero-order chi connectivity index (χ0) is 18.6. The second-order valence-electron chi connectivity index (χ2n) is 5.49. The maximum Gasteiger partial charge on any atom is 0.261 e. The zero-order valence-electron chi connectivity index (χ0n) is 13.9. The molecule has 0 spiro atoms. The van der Waals surface area contributed by atoms with E-state index in [1.54, 1.807) is 41.9 Å². The number of rotatable bonds is 7. The number of thiazole rings is 1. The minimum Gasteiger partial charge on any atom is -0.487 e. The molecular formula is C18H16N2O4S2. The van der Waals surface area contributed by atoms with Gasteiger partial charge in [-0.2, -0.15) is 0 Å². The summed E-state index contributed by atoms with van der Waals surface area (Å²) in [6.45, 7) is 1.70. The van der Waals surface area contributed by atoms with E-state index in [1.165, 1.54) is 30.4 Å². The highest BCUT2D eigenvalue weighted by Crippen LogP contribution is 2.22. The van der Waals surface area contributed by atoms with Crippen LogP contribution in [0.2, 0.25) is 0 Å². The van der Waals surface area contributed by atoms with E-state index < -0.39 is 10.0 Å². The van der Waals surface area contributed by atoms with E-state index >= 15 is 0 Å². The average molecular weight is 388 g/mol. The smallest absolute Gasteiger partial charge is 0.261 e. The van der Waals surface area contributed by atoms with E-state index in [0.717, 1.165) is 5.69 Å². The lowest BCUT2D eigenvalue weighted by Crippen LogP contribution is -2.13. The average Bonchev–Trinajstić information content (AvgIpc) is 3.13. The molecule has 1 heterocycles. The quantitative estimate of drug-likeness (QED) is 0.624. The Labute approximate surface area is 155 Å². The molecule has 0 unspecified atom stereocenters. The van der Waals surface area contributed by atoms with Gasteiger partial charge in [0.05, 0.1) is 21.8 Å². The lowest BCUT2D eigenvalue weighted by atomic mass is 10.2. The van der Waals surface area contributed by atoms with Crippen molar-refractivity contribution in [1.29, 1.82) is 0 Å². The largest absolute Gasteiger partial charge is 0.487 e. The summed E-state index contributed by atoms with van der Waals surface area (Å²) in [5.74, 6) is 0.329. The van der Waals surface area contributed by atoms with Gasteiger partial charge >= 0.3 is 0 Å². The van der Waals surface area contributed by atoms with E-state index in [4.69, 9.17) is 4.74 Å². The van der Waals surface area contributed by atoms with Crippen molar-refractivity contribution in [1.82, 2.24) is 4.98 Å². The molecule has 1 N–H and O–H groups in total. The molecule has 0 atom stereocenters. The molecule has 0 fully saturated rings. The highest BCUT2D eigenvalue weighted by atomic mass is 32.2. The molecule has 0 aliphatic rings. The van der Waals surface area contributed by atoms with Crippen LogP contribution in [0.15, 0.2) is 64.3 Å². The predicted molar refractivity (Wildman–Crippen MR) is 100 cm³/mol. The van der Waals surface area contributed by atoms with Crippen LogP contribution in [0.4, 0.5) is 5.69 Å². The molecule has 0 saturated heterocycles. The van der Waals surface area contributed by atoms with Crippen molar-refractivity contribution < 1.29 is 17.9 Å². The van der Waals surface area contributed by atoms with Crippen molar-refractivity contribution in [3.63, 3.8) is 0 Å². The monoisotopic (exact) mass is 388 g/mol. The van der Waals surface area contributed by atoms with Crippen molar-refractivity contribution in [2.45, 2.75) is 18.4 Å². The molecule has 0 radical (unpaired) electrons. The van der Waals surface area contributed by atoms with Gasteiger partial charge in [0, 0.05) is 17.0 Å². The third-order valence-corrected chi connectivity index (χ3v) is 5.52. The first-order valence-corrected chi connectivity index (χ1v) is 10.1. The van der Waals surface area contributed by atoms with Crippen LogP contribution < -0.4 is 9.46 Å². The van der Waals surface area contributed by atoms with Gasteiger partial charge in [-0.05, 0) is 31.2 Å². The maximum absolute atomic E-state index is 12.6. The number of hydrogen-bond donors (Lipinski definition) is 1. The van der Waals surface area contributed by atoms with Crippen LogP contribution in [0.5, 0.6) is 5.75 Å². The van der Waals surface area contributed by atoms with E-state index in [-0.39, 0.29) is 10.7 Å². The normalized spacial score (nSPS) is 11.1. The first-order valence-electron chi connectivity index (χ1n) is 7.68. The van der Waals surface area contributed by atoms with Gasteiger partial charge in [0.15, 0.2) is 5.78 Å². The minimum atomic E-state index is -3.81. The molecule has 26 heavy (non-hydrogen) atoms. The Hall–Kier alpha value is -2.71. The second kappa shape index (κ2) is 7.67. The van der Waals surface area contributed by atoms with Crippen LogP contribution in [-0.2, 0) is 16.6 Å². The molecule has 3 aromatic rings. The fourth-order valence-corrected chi connectivity index (χ4v) is 3.85. The number of nitrogens with zero attached hydrogens (tertiary/aromatic N) is 1. The maximum atomic E-state index is 12.6. The lowest BCUT2D eigenvalue weighted by molar-refractivity contribution is 0.101. The van der Waals surface area contributed by atoms with Crippen LogP contribution >= 0.6 is 11.3 Å². The molecule has 0 aliphatic heterocycles. The summed E-state index contributed by atoms with van der Waals surface area (Å²) < 4.78 is 33.2. The number of nitrogens with one attached hydrogen (secondary N) is 1. The van der Waals surface area contributed by atoms with E-state index in [1.807, 2.05) is 5.38 Å². The van der Waals surface area contributed by atoms with Crippen molar-refractivity contribution in [2.75, 3.05) is 4.72 Å². The number of anilines is 1. The Morgan fingerprint density at radius 1 is 1.19 bits per heavy atom. The fraction of sp³-hybridized carbons (Fsp3) is 0.111. The Morgan fingerprint density at radius 2 is 2.00 bits per heavy atom. The summed E-state index contributed by atoms with van der Waals surface area (Å²) in [5, 5.41) is 1.88. The Bertz CT molecular complexity index is 1020. The molecule has 8 heteroatoms. The highest BCUT2D eigenvalue weighted by Gasteiger charge is 2.16. The number of benzene rings is 2. The third kappa shape index (κ3) is 4.47. The summed E-state index contributed by atoms with van der Waals surface area (Å²) in [6.07, 6.45) is 0. The third-order valence-electron chi connectivity index (χ3n) is 3.51. The predicted octanol–water partition coefficient (Wildman–Crippen LogP) is 3.73. The number of carbonyl (C=O) groups excluding carboxylic acids is 1. The number of ether oxygens (including phenoxy) is 1. The van der Waals surface area contributed by atoms with Crippen LogP contribution in [0.3, 0.4) is 0 Å². The van der Waals surface area contributed by atoms with E-state index in [0.29, 0.717) is 23.6 Å². The number of Topliss-reactive ketones (excluding diaryl/α,β-unsaturated/α-hetero) is 1. The number of aromatic nitrogens is 1. The number of ketones is 1. The molecule has 6 nitrogen and oxygen atoms in total. The van der Waals surface area contributed by atoms with Crippen molar-refractivity contribution in [3.05, 3.63) is 70.7 Å².